The number of benzene rings is 1. The molecule has 2 N–H and O–H groups in total. The van der Waals surface area contributed by atoms with E-state index in [0.717, 1.165) is 30.5 Å². The first-order valence-corrected chi connectivity index (χ1v) is 10.8. The molecule has 2 aliphatic rings. The summed E-state index contributed by atoms with van der Waals surface area (Å²) in [5.41, 5.74) is 0.454. The maximum absolute atomic E-state index is 13.6. The Bertz CT molecular complexity index is 1070. The van der Waals surface area contributed by atoms with E-state index in [1.165, 1.54) is 16.8 Å². The molecule has 2 atom stereocenters. The quantitative estimate of drug-likeness (QED) is 0.708. The average molecular weight is 471 g/mol. The SMILES string of the molecule is O=C(O)C1CCN(c2cn(C(=O)c3c(Cl)cccc3C(F)(F)F)c3c2CCCC3)CC1O. The molecule has 172 valence electrons. The van der Waals surface area contributed by atoms with Gasteiger partial charge >= 0.3 is 12.1 Å². The number of hydrogen-bond donors (Lipinski definition) is 2. The van der Waals surface area contributed by atoms with Crippen LogP contribution in [0.3, 0.4) is 0 Å². The highest BCUT2D eigenvalue weighted by molar-refractivity contribution is 6.34. The molecule has 10 heteroatoms. The Labute approximate surface area is 187 Å². The van der Waals surface area contributed by atoms with Crippen LogP contribution in [0.5, 0.6) is 0 Å². The number of anilines is 1. The summed E-state index contributed by atoms with van der Waals surface area (Å²) in [7, 11) is 0. The second kappa shape index (κ2) is 8.44. The van der Waals surface area contributed by atoms with Gasteiger partial charge in [0.15, 0.2) is 0 Å². The van der Waals surface area contributed by atoms with Crippen LogP contribution in [-0.2, 0) is 23.8 Å². The van der Waals surface area contributed by atoms with Gasteiger partial charge in [0.25, 0.3) is 5.91 Å². The molecule has 6 nitrogen and oxygen atoms in total. The molecule has 1 aliphatic heterocycles. The fourth-order valence-corrected chi connectivity index (χ4v) is 4.96. The lowest BCUT2D eigenvalue weighted by atomic mass is 9.92. The fourth-order valence-electron chi connectivity index (χ4n) is 4.70. The topological polar surface area (TPSA) is 82.8 Å². The Balaban J connectivity index is 1.76. The predicted octanol–water partition coefficient (Wildman–Crippen LogP) is 4.00. The summed E-state index contributed by atoms with van der Waals surface area (Å²) in [4.78, 5) is 26.5. The van der Waals surface area contributed by atoms with E-state index in [0.29, 0.717) is 30.8 Å². The highest BCUT2D eigenvalue weighted by Crippen LogP contribution is 2.39. The number of aliphatic hydroxyl groups is 1. The zero-order chi connectivity index (χ0) is 23.2. The second-order valence-corrected chi connectivity index (χ2v) is 8.64. The van der Waals surface area contributed by atoms with E-state index in [2.05, 4.69) is 0 Å². The maximum atomic E-state index is 13.6. The zero-order valence-electron chi connectivity index (χ0n) is 17.0. The van der Waals surface area contributed by atoms with Crippen molar-refractivity contribution >= 4 is 29.2 Å². The van der Waals surface area contributed by atoms with E-state index in [9.17, 15) is 33.0 Å². The number of carbonyl (C=O) groups excluding carboxylic acids is 1. The Hall–Kier alpha value is -2.52. The van der Waals surface area contributed by atoms with Crippen molar-refractivity contribution < 1.29 is 33.0 Å². The molecule has 1 aromatic carbocycles. The summed E-state index contributed by atoms with van der Waals surface area (Å²) < 4.78 is 42.0. The summed E-state index contributed by atoms with van der Waals surface area (Å²) in [5.74, 6) is -2.79. The first-order chi connectivity index (χ1) is 15.1. The molecule has 0 spiro atoms. The van der Waals surface area contributed by atoms with Crippen LogP contribution in [0.15, 0.2) is 24.4 Å². The number of β-amino-alcohol motifs (C(OH)–C–C–N with tert-alkyl or cyclic N) is 1. The molecule has 4 rings (SSSR count). The highest BCUT2D eigenvalue weighted by atomic mass is 35.5. The molecule has 1 aliphatic carbocycles. The van der Waals surface area contributed by atoms with Crippen molar-refractivity contribution in [2.45, 2.75) is 44.4 Å². The number of nitrogens with zero attached hydrogens (tertiary/aromatic N) is 2. The minimum absolute atomic E-state index is 0.0709. The van der Waals surface area contributed by atoms with Crippen LogP contribution in [0.4, 0.5) is 18.9 Å². The van der Waals surface area contributed by atoms with Crippen molar-refractivity contribution in [3.05, 3.63) is 51.8 Å². The van der Waals surface area contributed by atoms with Gasteiger partial charge < -0.3 is 15.1 Å². The number of carbonyl (C=O) groups is 2. The van der Waals surface area contributed by atoms with Gasteiger partial charge in [-0.25, -0.2) is 0 Å². The lowest BCUT2D eigenvalue weighted by Gasteiger charge is -2.35. The van der Waals surface area contributed by atoms with E-state index in [1.807, 2.05) is 4.90 Å². The Morgan fingerprint density at radius 3 is 2.53 bits per heavy atom. The average Bonchev–Trinajstić information content (AvgIpc) is 3.12. The van der Waals surface area contributed by atoms with Crippen LogP contribution in [0.25, 0.3) is 0 Å². The number of carboxylic acid groups (broad SMARTS) is 1. The van der Waals surface area contributed by atoms with E-state index in [1.54, 1.807) is 0 Å². The number of aliphatic hydroxyl groups excluding tert-OH is 1. The molecule has 2 aromatic rings. The molecule has 2 unspecified atom stereocenters. The first-order valence-electron chi connectivity index (χ1n) is 10.4. The summed E-state index contributed by atoms with van der Waals surface area (Å²) in [6.07, 6.45) is -1.25. The minimum atomic E-state index is -4.74. The Kier molecular flexibility index (Phi) is 5.98. The van der Waals surface area contributed by atoms with Crippen LogP contribution in [-0.4, -0.2) is 45.9 Å². The molecule has 2 heterocycles. The van der Waals surface area contributed by atoms with Gasteiger partial charge in [-0.15, -0.1) is 0 Å². The summed E-state index contributed by atoms with van der Waals surface area (Å²) >= 11 is 6.05. The van der Waals surface area contributed by atoms with Crippen molar-refractivity contribution in [3.63, 3.8) is 0 Å². The van der Waals surface area contributed by atoms with Gasteiger partial charge in [-0.3, -0.25) is 14.2 Å². The molecular weight excluding hydrogens is 449 g/mol. The third kappa shape index (κ3) is 3.99. The first kappa shape index (κ1) is 22.7. The third-order valence-electron chi connectivity index (χ3n) is 6.28. The van der Waals surface area contributed by atoms with Crippen LogP contribution in [0.2, 0.25) is 5.02 Å². The minimum Gasteiger partial charge on any atom is -0.481 e. The third-order valence-corrected chi connectivity index (χ3v) is 6.60. The number of aliphatic carboxylic acids is 1. The van der Waals surface area contributed by atoms with Gasteiger partial charge in [-0.05, 0) is 49.8 Å². The van der Waals surface area contributed by atoms with Gasteiger partial charge in [0, 0.05) is 25.0 Å². The van der Waals surface area contributed by atoms with Gasteiger partial charge in [0.2, 0.25) is 0 Å². The van der Waals surface area contributed by atoms with E-state index >= 15 is 0 Å². The normalized spacial score (nSPS) is 21.3. The number of fused-ring (bicyclic) bond motifs is 1. The fraction of sp³-hybridized carbons (Fsp3) is 0.455. The van der Waals surface area contributed by atoms with E-state index in [4.69, 9.17) is 11.6 Å². The van der Waals surface area contributed by atoms with Crippen LogP contribution < -0.4 is 4.90 Å². The van der Waals surface area contributed by atoms with E-state index < -0.39 is 41.2 Å². The van der Waals surface area contributed by atoms with Crippen molar-refractivity contribution in [2.75, 3.05) is 18.0 Å². The lowest BCUT2D eigenvalue weighted by Crippen LogP contribution is -2.46. The molecule has 0 bridgehead atoms. The zero-order valence-corrected chi connectivity index (χ0v) is 17.8. The van der Waals surface area contributed by atoms with Crippen molar-refractivity contribution in [1.29, 1.82) is 0 Å². The molecular formula is C22H22ClF3N2O4. The molecule has 1 saturated heterocycles. The number of piperidine rings is 1. The number of aromatic nitrogens is 1. The van der Waals surface area contributed by atoms with Gasteiger partial charge in [-0.2, -0.15) is 13.2 Å². The second-order valence-electron chi connectivity index (χ2n) is 8.23. The molecule has 0 amide bonds. The monoisotopic (exact) mass is 470 g/mol. The number of hydrogen-bond acceptors (Lipinski definition) is 4. The lowest BCUT2D eigenvalue weighted by molar-refractivity contribution is -0.146. The summed E-state index contributed by atoms with van der Waals surface area (Å²) in [6.45, 7) is 0.431. The molecule has 1 aromatic heterocycles. The van der Waals surface area contributed by atoms with Gasteiger partial charge in [-0.1, -0.05) is 17.7 Å². The maximum Gasteiger partial charge on any atom is 0.417 e. The summed E-state index contributed by atoms with van der Waals surface area (Å²) in [5, 5.41) is 19.3. The van der Waals surface area contributed by atoms with E-state index in [-0.39, 0.29) is 18.0 Å². The van der Waals surface area contributed by atoms with Crippen molar-refractivity contribution in [2.24, 2.45) is 5.92 Å². The van der Waals surface area contributed by atoms with Gasteiger partial charge in [0.1, 0.15) is 0 Å². The largest absolute Gasteiger partial charge is 0.481 e. The Morgan fingerprint density at radius 2 is 1.88 bits per heavy atom. The summed E-state index contributed by atoms with van der Waals surface area (Å²) in [6, 6.07) is 3.25. The molecule has 0 saturated carbocycles. The smallest absolute Gasteiger partial charge is 0.417 e. The van der Waals surface area contributed by atoms with Crippen molar-refractivity contribution in [3.8, 4) is 0 Å². The molecule has 32 heavy (non-hydrogen) atoms. The number of rotatable bonds is 3. The number of carboxylic acids is 1. The Morgan fingerprint density at radius 1 is 1.16 bits per heavy atom. The van der Waals surface area contributed by atoms with Gasteiger partial charge in [0.05, 0.1) is 33.9 Å². The highest BCUT2D eigenvalue weighted by Gasteiger charge is 2.39. The molecule has 0 radical (unpaired) electrons. The number of halogens is 4. The number of alkyl halides is 3. The standard InChI is InChI=1S/C22H22ClF3N2O4/c23-15-6-3-5-14(22(24,25)26)19(15)20(30)28-10-17(12-4-1-2-7-16(12)28)27-9-8-13(21(31)32)18(29)11-27/h3,5-6,10,13,18,29H,1-2,4,7-9,11H2,(H,31,32). The van der Waals surface area contributed by atoms with Crippen molar-refractivity contribution in [1.82, 2.24) is 4.57 Å². The predicted molar refractivity (Wildman–Crippen MR) is 111 cm³/mol. The van der Waals surface area contributed by atoms with Crippen LogP contribution in [0, 0.1) is 5.92 Å². The molecule has 1 fully saturated rings. The van der Waals surface area contributed by atoms with Crippen LogP contribution in [0.1, 0.15) is 46.4 Å². The van der Waals surface area contributed by atoms with Crippen LogP contribution >= 0.6 is 11.6 Å².